The molecule has 3 aromatic carbocycles. The van der Waals surface area contributed by atoms with Crippen LogP contribution in [0.5, 0.6) is 0 Å². The Balaban J connectivity index is 1.59. The van der Waals surface area contributed by atoms with E-state index in [4.69, 9.17) is 23.2 Å². The second-order valence-corrected chi connectivity index (χ2v) is 8.52. The quantitative estimate of drug-likeness (QED) is 0.506. The topological polar surface area (TPSA) is 49.4 Å². The van der Waals surface area contributed by atoms with Crippen molar-refractivity contribution < 1.29 is 14.0 Å². The van der Waals surface area contributed by atoms with Gasteiger partial charge in [-0.25, -0.2) is 4.39 Å². The monoisotopic (exact) mass is 460 g/mol. The average molecular weight is 461 g/mol. The van der Waals surface area contributed by atoms with E-state index in [-0.39, 0.29) is 28.0 Å². The molecule has 0 radical (unpaired) electrons. The highest BCUT2D eigenvalue weighted by molar-refractivity contribution is 8.00. The minimum Gasteiger partial charge on any atom is -0.322 e. The smallest absolute Gasteiger partial charge is 0.257 e. The Morgan fingerprint density at radius 2 is 1.87 bits per heavy atom. The van der Waals surface area contributed by atoms with Crippen molar-refractivity contribution in [2.45, 2.75) is 5.37 Å². The number of carbonyl (C=O) groups excluding carboxylic acids is 2. The van der Waals surface area contributed by atoms with Gasteiger partial charge >= 0.3 is 0 Å². The van der Waals surface area contributed by atoms with Crippen LogP contribution in [0.4, 0.5) is 15.8 Å². The lowest BCUT2D eigenvalue weighted by Crippen LogP contribution is -2.27. The zero-order chi connectivity index (χ0) is 21.3. The van der Waals surface area contributed by atoms with E-state index in [1.165, 1.54) is 30.0 Å². The molecule has 1 aliphatic heterocycles. The van der Waals surface area contributed by atoms with Gasteiger partial charge in [0.05, 0.1) is 16.3 Å². The molecule has 4 rings (SSSR count). The van der Waals surface area contributed by atoms with E-state index in [9.17, 15) is 14.0 Å². The van der Waals surface area contributed by atoms with Gasteiger partial charge < -0.3 is 5.32 Å². The summed E-state index contributed by atoms with van der Waals surface area (Å²) in [6, 6.07) is 17.8. The van der Waals surface area contributed by atoms with Crippen molar-refractivity contribution in [2.24, 2.45) is 0 Å². The molecule has 0 bridgehead atoms. The van der Waals surface area contributed by atoms with Gasteiger partial charge in [-0.3, -0.25) is 14.5 Å². The highest BCUT2D eigenvalue weighted by atomic mass is 35.5. The van der Waals surface area contributed by atoms with Crippen LogP contribution in [0, 0.1) is 5.82 Å². The summed E-state index contributed by atoms with van der Waals surface area (Å²) in [6.07, 6.45) is 0. The van der Waals surface area contributed by atoms with E-state index in [1.54, 1.807) is 47.4 Å². The van der Waals surface area contributed by atoms with E-state index in [2.05, 4.69) is 5.32 Å². The third kappa shape index (κ3) is 4.31. The fourth-order valence-corrected chi connectivity index (χ4v) is 4.88. The highest BCUT2D eigenvalue weighted by Crippen LogP contribution is 2.42. The van der Waals surface area contributed by atoms with Gasteiger partial charge in [0.25, 0.3) is 5.91 Å². The second-order valence-electron chi connectivity index (χ2n) is 6.61. The highest BCUT2D eigenvalue weighted by Gasteiger charge is 2.34. The number of benzene rings is 3. The number of amides is 2. The van der Waals surface area contributed by atoms with Crippen LogP contribution in [-0.4, -0.2) is 17.6 Å². The largest absolute Gasteiger partial charge is 0.322 e. The molecule has 1 N–H and O–H groups in total. The van der Waals surface area contributed by atoms with Crippen LogP contribution in [-0.2, 0) is 4.79 Å². The second kappa shape index (κ2) is 8.68. The van der Waals surface area contributed by atoms with Crippen LogP contribution >= 0.6 is 35.0 Å². The maximum absolute atomic E-state index is 13.7. The summed E-state index contributed by atoms with van der Waals surface area (Å²) in [7, 11) is 0. The molecule has 0 aliphatic carbocycles. The molecule has 30 heavy (non-hydrogen) atoms. The first-order valence-electron chi connectivity index (χ1n) is 8.98. The maximum atomic E-state index is 13.7. The fourth-order valence-electron chi connectivity index (χ4n) is 3.22. The third-order valence-corrected chi connectivity index (χ3v) is 6.32. The van der Waals surface area contributed by atoms with Crippen molar-refractivity contribution in [2.75, 3.05) is 16.0 Å². The molecule has 0 aromatic heterocycles. The summed E-state index contributed by atoms with van der Waals surface area (Å²) in [5.74, 6) is -0.584. The first-order chi connectivity index (χ1) is 14.4. The molecule has 0 saturated carbocycles. The number of anilines is 2. The zero-order valence-corrected chi connectivity index (χ0v) is 17.8. The Hall–Kier alpha value is -2.54. The number of halogens is 3. The molecular weight excluding hydrogens is 446 g/mol. The summed E-state index contributed by atoms with van der Waals surface area (Å²) < 4.78 is 13.7. The van der Waals surface area contributed by atoms with Crippen molar-refractivity contribution in [3.63, 3.8) is 0 Å². The average Bonchev–Trinajstić information content (AvgIpc) is 3.09. The molecule has 1 atom stereocenters. The molecule has 0 spiro atoms. The lowest BCUT2D eigenvalue weighted by molar-refractivity contribution is -0.115. The minimum absolute atomic E-state index is 0.0991. The number of hydrogen-bond acceptors (Lipinski definition) is 3. The molecule has 152 valence electrons. The van der Waals surface area contributed by atoms with Crippen LogP contribution in [0.15, 0.2) is 66.7 Å². The first kappa shape index (κ1) is 20.7. The number of rotatable bonds is 4. The minimum atomic E-state index is -0.406. The molecule has 1 saturated heterocycles. The summed E-state index contributed by atoms with van der Waals surface area (Å²) in [5.41, 5.74) is 2.17. The van der Waals surface area contributed by atoms with E-state index in [1.807, 2.05) is 6.07 Å². The normalized spacial score (nSPS) is 16.0. The van der Waals surface area contributed by atoms with Gasteiger partial charge in [0.2, 0.25) is 5.91 Å². The Bertz CT molecular complexity index is 1140. The molecule has 1 fully saturated rings. The molecule has 1 aliphatic rings. The van der Waals surface area contributed by atoms with E-state index >= 15 is 0 Å². The molecule has 8 heteroatoms. The Morgan fingerprint density at radius 1 is 1.07 bits per heavy atom. The number of hydrogen-bond donors (Lipinski definition) is 1. The van der Waals surface area contributed by atoms with Crippen LogP contribution in [0.1, 0.15) is 21.3 Å². The predicted molar refractivity (Wildman–Crippen MR) is 120 cm³/mol. The van der Waals surface area contributed by atoms with Gasteiger partial charge in [-0.05, 0) is 54.1 Å². The molecule has 4 nitrogen and oxygen atoms in total. The summed E-state index contributed by atoms with van der Waals surface area (Å²) in [5, 5.41) is 3.19. The zero-order valence-electron chi connectivity index (χ0n) is 15.4. The molecule has 2 amide bonds. The van der Waals surface area contributed by atoms with Crippen LogP contribution in [0.3, 0.4) is 0 Å². The van der Waals surface area contributed by atoms with Gasteiger partial charge in [-0.1, -0.05) is 41.4 Å². The van der Waals surface area contributed by atoms with Crippen molar-refractivity contribution in [1.82, 2.24) is 0 Å². The third-order valence-electron chi connectivity index (χ3n) is 4.56. The lowest BCUT2D eigenvalue weighted by atomic mass is 10.1. The molecule has 0 unspecified atom stereocenters. The van der Waals surface area contributed by atoms with E-state index in [0.717, 1.165) is 5.56 Å². The van der Waals surface area contributed by atoms with Gasteiger partial charge in [-0.2, -0.15) is 0 Å². The Labute approximate surface area is 187 Å². The molecule has 1 heterocycles. The Morgan fingerprint density at radius 3 is 2.63 bits per heavy atom. The van der Waals surface area contributed by atoms with Gasteiger partial charge in [0.1, 0.15) is 11.2 Å². The fraction of sp³-hybridized carbons (Fsp3) is 0.0909. The number of nitrogens with zero attached hydrogens (tertiary/aromatic N) is 1. The van der Waals surface area contributed by atoms with Crippen molar-refractivity contribution in [3.8, 4) is 0 Å². The first-order valence-corrected chi connectivity index (χ1v) is 10.8. The number of thioether (sulfide) groups is 1. The predicted octanol–water partition coefficient (Wildman–Crippen LogP) is 6.16. The van der Waals surface area contributed by atoms with Gasteiger partial charge in [0, 0.05) is 16.4 Å². The lowest BCUT2D eigenvalue weighted by Gasteiger charge is -2.24. The molecular formula is C22H15Cl2FN2O2S. The van der Waals surface area contributed by atoms with Crippen LogP contribution in [0.25, 0.3) is 0 Å². The number of nitrogens with one attached hydrogen (secondary N) is 1. The summed E-state index contributed by atoms with van der Waals surface area (Å²) in [4.78, 5) is 26.6. The number of carbonyl (C=O) groups is 2. The van der Waals surface area contributed by atoms with Crippen LogP contribution < -0.4 is 10.2 Å². The summed E-state index contributed by atoms with van der Waals surface area (Å²) >= 11 is 13.5. The van der Waals surface area contributed by atoms with Gasteiger partial charge in [-0.15, -0.1) is 11.8 Å². The van der Waals surface area contributed by atoms with Gasteiger partial charge in [0.15, 0.2) is 0 Å². The standard InChI is InChI=1S/C22H15Cl2FN2O2S/c23-14-7-8-18(19(24)10-14)21(29)26-16-5-1-3-13(9-16)22-27(20(28)12-30-22)17-6-2-4-15(25)11-17/h1-11,22H,12H2,(H,26,29)/t22-/m1/s1. The maximum Gasteiger partial charge on any atom is 0.257 e. The van der Waals surface area contributed by atoms with Crippen LogP contribution in [0.2, 0.25) is 10.0 Å². The van der Waals surface area contributed by atoms with Crippen molar-refractivity contribution in [3.05, 3.63) is 93.7 Å². The SMILES string of the molecule is O=C(Nc1cccc([C@H]2SCC(=O)N2c2cccc(F)c2)c1)c1ccc(Cl)cc1Cl. The van der Waals surface area contributed by atoms with Crippen molar-refractivity contribution >= 4 is 58.2 Å². The Kier molecular flexibility index (Phi) is 5.99. The van der Waals surface area contributed by atoms with E-state index in [0.29, 0.717) is 22.0 Å². The molecule has 3 aromatic rings. The van der Waals surface area contributed by atoms with E-state index < -0.39 is 5.82 Å². The summed E-state index contributed by atoms with van der Waals surface area (Å²) in [6.45, 7) is 0. The van der Waals surface area contributed by atoms with Crippen molar-refractivity contribution in [1.29, 1.82) is 0 Å².